The number of amides is 2. The average Bonchev–Trinajstić information content (AvgIpc) is 3.37. The molecule has 5 rings (SSSR count). The van der Waals surface area contributed by atoms with Crippen LogP contribution in [0.2, 0.25) is 0 Å². The summed E-state index contributed by atoms with van der Waals surface area (Å²) in [6.07, 6.45) is -0.491. The summed E-state index contributed by atoms with van der Waals surface area (Å²) < 4.78 is 21.9. The Morgan fingerprint density at radius 3 is 2.30 bits per heavy atom. The summed E-state index contributed by atoms with van der Waals surface area (Å²) in [5.41, 5.74) is 1.93. The average molecular weight is 626 g/mol. The van der Waals surface area contributed by atoms with Crippen LogP contribution in [0, 0.1) is 0 Å². The molecule has 2 atom stereocenters. The van der Waals surface area contributed by atoms with Crippen molar-refractivity contribution in [1.29, 1.82) is 0 Å². The Balaban J connectivity index is 1.41. The second-order valence-electron chi connectivity index (χ2n) is 12.2. The van der Waals surface area contributed by atoms with Crippen LogP contribution in [0.25, 0.3) is 22.2 Å². The first-order chi connectivity index (χ1) is 21.9. The number of hydrogen-bond acceptors (Lipinski definition) is 8. The number of carbonyl (C=O) groups excluding carboxylic acids is 3. The standard InChI is InChI=1S/C36H39N3O7/c1-23(32(40)44-6)39-20-19-36(33(39)41,38-34(42)46-35(2,3)4)26-13-17-28(18-14-26)45-22-25-21-31(24-11-15-27(43-5)16-12-24)37-30-10-8-7-9-29(25)30/h7-18,21,23H,19-20,22H2,1-6H3,(H,38,42). The van der Waals surface area contributed by atoms with Gasteiger partial charge in [0.1, 0.15) is 35.3 Å². The molecule has 2 amide bonds. The molecule has 1 aromatic heterocycles. The Morgan fingerprint density at radius 1 is 0.978 bits per heavy atom. The van der Waals surface area contributed by atoms with Crippen LogP contribution in [-0.4, -0.2) is 60.3 Å². The second-order valence-corrected chi connectivity index (χ2v) is 12.2. The van der Waals surface area contributed by atoms with E-state index >= 15 is 0 Å². The Kier molecular flexibility index (Phi) is 9.18. The van der Waals surface area contributed by atoms with Crippen LogP contribution in [0.15, 0.2) is 78.9 Å². The monoisotopic (exact) mass is 625 g/mol. The number of aromatic nitrogens is 1. The lowest BCUT2D eigenvalue weighted by Crippen LogP contribution is -2.54. The molecule has 46 heavy (non-hydrogen) atoms. The summed E-state index contributed by atoms with van der Waals surface area (Å²) in [6, 6.07) is 23.9. The summed E-state index contributed by atoms with van der Waals surface area (Å²) in [6.45, 7) is 7.37. The number of nitrogens with one attached hydrogen (secondary N) is 1. The molecule has 1 aliphatic heterocycles. The first-order valence-corrected chi connectivity index (χ1v) is 15.1. The molecule has 0 spiro atoms. The molecule has 0 aliphatic carbocycles. The Bertz CT molecular complexity index is 1730. The highest BCUT2D eigenvalue weighted by molar-refractivity contribution is 5.95. The van der Waals surface area contributed by atoms with Gasteiger partial charge in [-0.2, -0.15) is 0 Å². The topological polar surface area (TPSA) is 116 Å². The van der Waals surface area contributed by atoms with Crippen LogP contribution in [0.1, 0.15) is 45.2 Å². The zero-order valence-corrected chi connectivity index (χ0v) is 27.0. The summed E-state index contributed by atoms with van der Waals surface area (Å²) in [7, 11) is 2.91. The van der Waals surface area contributed by atoms with E-state index in [1.165, 1.54) is 12.0 Å². The van der Waals surface area contributed by atoms with E-state index < -0.39 is 35.2 Å². The smallest absolute Gasteiger partial charge is 0.408 e. The predicted molar refractivity (Wildman–Crippen MR) is 173 cm³/mol. The fourth-order valence-corrected chi connectivity index (χ4v) is 5.62. The molecule has 0 saturated carbocycles. The van der Waals surface area contributed by atoms with Gasteiger partial charge in [0, 0.05) is 29.5 Å². The molecule has 1 aliphatic rings. The van der Waals surface area contributed by atoms with Gasteiger partial charge in [0.25, 0.3) is 5.91 Å². The molecule has 2 unspecified atom stereocenters. The second kappa shape index (κ2) is 13.1. The van der Waals surface area contributed by atoms with E-state index in [0.717, 1.165) is 33.5 Å². The third-order valence-electron chi connectivity index (χ3n) is 8.01. The van der Waals surface area contributed by atoms with Crippen LogP contribution < -0.4 is 14.8 Å². The molecule has 0 bridgehead atoms. The van der Waals surface area contributed by atoms with Crippen molar-refractivity contribution in [1.82, 2.24) is 15.2 Å². The fraction of sp³-hybridized carbons (Fsp3) is 0.333. The van der Waals surface area contributed by atoms with Crippen LogP contribution in [0.4, 0.5) is 4.79 Å². The quantitative estimate of drug-likeness (QED) is 0.225. The Morgan fingerprint density at radius 2 is 1.65 bits per heavy atom. The van der Waals surface area contributed by atoms with Gasteiger partial charge >= 0.3 is 12.1 Å². The molecule has 10 heteroatoms. The van der Waals surface area contributed by atoms with Gasteiger partial charge in [0.15, 0.2) is 0 Å². The van der Waals surface area contributed by atoms with E-state index in [-0.39, 0.29) is 19.6 Å². The van der Waals surface area contributed by atoms with Gasteiger partial charge in [-0.25, -0.2) is 14.6 Å². The first kappa shape index (κ1) is 32.3. The van der Waals surface area contributed by atoms with E-state index in [4.69, 9.17) is 23.9 Å². The highest BCUT2D eigenvalue weighted by atomic mass is 16.6. The number of methoxy groups -OCH3 is 2. The van der Waals surface area contributed by atoms with Crippen LogP contribution >= 0.6 is 0 Å². The van der Waals surface area contributed by atoms with Crippen molar-refractivity contribution in [3.05, 3.63) is 90.0 Å². The molecule has 10 nitrogen and oxygen atoms in total. The summed E-state index contributed by atoms with van der Waals surface area (Å²) in [5.74, 6) is 0.390. The van der Waals surface area contributed by atoms with Gasteiger partial charge in [-0.15, -0.1) is 0 Å². The lowest BCUT2D eigenvalue weighted by Gasteiger charge is -2.32. The Labute approximate surface area is 268 Å². The summed E-state index contributed by atoms with van der Waals surface area (Å²) in [5, 5.41) is 3.80. The van der Waals surface area contributed by atoms with Crippen LogP contribution in [0.3, 0.4) is 0 Å². The number of hydrogen-bond donors (Lipinski definition) is 1. The SMILES string of the molecule is COC(=O)C(C)N1CCC(NC(=O)OC(C)(C)C)(c2ccc(OCc3cc(-c4ccc(OC)cc4)nc4ccccc34)cc2)C1=O. The number of benzene rings is 3. The van der Waals surface area contributed by atoms with Gasteiger partial charge in [-0.3, -0.25) is 4.79 Å². The number of carbonyl (C=O) groups is 3. The summed E-state index contributed by atoms with van der Waals surface area (Å²) in [4.78, 5) is 45.4. The lowest BCUT2D eigenvalue weighted by atomic mass is 9.88. The molecule has 1 N–H and O–H groups in total. The van der Waals surface area contributed by atoms with Crippen molar-refractivity contribution in [2.75, 3.05) is 20.8 Å². The number of rotatable bonds is 9. The largest absolute Gasteiger partial charge is 0.497 e. The highest BCUT2D eigenvalue weighted by Crippen LogP contribution is 2.36. The normalized spacial score (nSPS) is 17.0. The zero-order valence-electron chi connectivity index (χ0n) is 27.0. The fourth-order valence-electron chi connectivity index (χ4n) is 5.62. The highest BCUT2D eigenvalue weighted by Gasteiger charge is 2.52. The van der Waals surface area contributed by atoms with Crippen LogP contribution in [-0.2, 0) is 31.2 Å². The van der Waals surface area contributed by atoms with E-state index in [9.17, 15) is 14.4 Å². The molecule has 2 heterocycles. The van der Waals surface area contributed by atoms with Crippen molar-refractivity contribution in [3.8, 4) is 22.8 Å². The predicted octanol–water partition coefficient (Wildman–Crippen LogP) is 6.00. The molecule has 1 saturated heterocycles. The van der Waals surface area contributed by atoms with Gasteiger partial charge in [-0.1, -0.05) is 30.3 Å². The molecule has 240 valence electrons. The molecule has 4 aromatic rings. The van der Waals surface area contributed by atoms with Crippen molar-refractivity contribution in [3.63, 3.8) is 0 Å². The number of nitrogens with zero attached hydrogens (tertiary/aromatic N) is 2. The molecule has 1 fully saturated rings. The maximum absolute atomic E-state index is 13.9. The number of esters is 1. The lowest BCUT2D eigenvalue weighted by molar-refractivity contribution is -0.151. The van der Waals surface area contributed by atoms with E-state index in [2.05, 4.69) is 5.32 Å². The maximum Gasteiger partial charge on any atom is 0.408 e. The zero-order chi connectivity index (χ0) is 33.1. The number of likely N-dealkylation sites (tertiary alicyclic amines) is 1. The summed E-state index contributed by atoms with van der Waals surface area (Å²) >= 11 is 0. The van der Waals surface area contributed by atoms with Crippen LogP contribution in [0.5, 0.6) is 11.5 Å². The minimum atomic E-state index is -1.43. The number of alkyl carbamates (subject to hydrolysis) is 1. The number of fused-ring (bicyclic) bond motifs is 1. The minimum Gasteiger partial charge on any atom is -0.497 e. The van der Waals surface area contributed by atoms with E-state index in [1.807, 2.05) is 54.6 Å². The number of para-hydroxylation sites is 1. The van der Waals surface area contributed by atoms with Gasteiger partial charge in [-0.05, 0) is 81.8 Å². The van der Waals surface area contributed by atoms with Crippen molar-refractivity contribution < 1.29 is 33.3 Å². The van der Waals surface area contributed by atoms with Crippen molar-refractivity contribution in [2.24, 2.45) is 0 Å². The first-order valence-electron chi connectivity index (χ1n) is 15.1. The maximum atomic E-state index is 13.9. The molecular weight excluding hydrogens is 586 g/mol. The van der Waals surface area contributed by atoms with Crippen molar-refractivity contribution >= 4 is 28.9 Å². The Hall–Kier alpha value is -5.12. The van der Waals surface area contributed by atoms with Gasteiger partial charge in [0.05, 0.1) is 25.4 Å². The third kappa shape index (κ3) is 6.75. The van der Waals surface area contributed by atoms with Gasteiger partial charge in [0.2, 0.25) is 0 Å². The van der Waals surface area contributed by atoms with E-state index in [1.54, 1.807) is 59.1 Å². The van der Waals surface area contributed by atoms with E-state index in [0.29, 0.717) is 11.3 Å². The molecule has 0 radical (unpaired) electrons. The minimum absolute atomic E-state index is 0.240. The van der Waals surface area contributed by atoms with Gasteiger partial charge < -0.3 is 29.2 Å². The number of ether oxygens (including phenoxy) is 4. The number of pyridine rings is 1. The molecular formula is C36H39N3O7. The third-order valence-corrected chi connectivity index (χ3v) is 8.01. The molecule has 3 aromatic carbocycles. The van der Waals surface area contributed by atoms with Crippen molar-refractivity contribution in [2.45, 2.75) is 57.9 Å².